The second kappa shape index (κ2) is 8.13. The lowest BCUT2D eigenvalue weighted by atomic mass is 10.1. The number of hydrogen-bond acceptors (Lipinski definition) is 4. The fourth-order valence-electron chi connectivity index (χ4n) is 3.50. The van der Waals surface area contributed by atoms with E-state index in [2.05, 4.69) is 5.10 Å². The first kappa shape index (κ1) is 20.4. The van der Waals surface area contributed by atoms with Crippen LogP contribution in [0.4, 0.5) is 5.69 Å². The molecule has 0 aliphatic rings. The fraction of sp³-hybridized carbons (Fsp3) is 0.227. The summed E-state index contributed by atoms with van der Waals surface area (Å²) in [5.74, 6) is -0.172. The van der Waals surface area contributed by atoms with Gasteiger partial charge in [-0.3, -0.25) is 9.48 Å². The molecule has 0 unspecified atom stereocenters. The van der Waals surface area contributed by atoms with Crippen molar-refractivity contribution in [3.63, 3.8) is 0 Å². The van der Waals surface area contributed by atoms with E-state index in [1.54, 1.807) is 33.8 Å². The number of amides is 1. The van der Waals surface area contributed by atoms with Gasteiger partial charge in [-0.15, -0.1) is 0 Å². The largest absolute Gasteiger partial charge is 0.422 e. The van der Waals surface area contributed by atoms with Crippen LogP contribution >= 0.6 is 23.2 Å². The SMILES string of the molecule is CCCN(C(=O)Cn1ncc2c(=O)oc3ccc(C)cc3c21)c1ccc(Cl)c(Cl)c1. The number of hydrogen-bond donors (Lipinski definition) is 0. The highest BCUT2D eigenvalue weighted by molar-refractivity contribution is 6.42. The summed E-state index contributed by atoms with van der Waals surface area (Å²) in [5, 5.41) is 6.20. The molecule has 2 heterocycles. The summed E-state index contributed by atoms with van der Waals surface area (Å²) in [6.45, 7) is 4.42. The van der Waals surface area contributed by atoms with Crippen LogP contribution < -0.4 is 10.5 Å². The van der Waals surface area contributed by atoms with E-state index in [0.29, 0.717) is 38.8 Å². The maximum absolute atomic E-state index is 13.2. The van der Waals surface area contributed by atoms with Gasteiger partial charge in [-0.2, -0.15) is 5.10 Å². The zero-order valence-electron chi connectivity index (χ0n) is 16.5. The summed E-state index contributed by atoms with van der Waals surface area (Å²) < 4.78 is 6.95. The quantitative estimate of drug-likeness (QED) is 0.397. The van der Waals surface area contributed by atoms with Crippen LogP contribution in [0, 0.1) is 6.92 Å². The first-order chi connectivity index (χ1) is 14.4. The van der Waals surface area contributed by atoms with E-state index in [4.69, 9.17) is 27.6 Å². The lowest BCUT2D eigenvalue weighted by Gasteiger charge is -2.23. The van der Waals surface area contributed by atoms with Crippen molar-refractivity contribution in [3.05, 3.63) is 68.6 Å². The third kappa shape index (κ3) is 3.68. The number of aromatic nitrogens is 2. The molecular weight excluding hydrogens is 425 g/mol. The Bertz CT molecular complexity index is 1330. The van der Waals surface area contributed by atoms with Crippen LogP contribution in [0.5, 0.6) is 0 Å². The Balaban J connectivity index is 1.78. The molecule has 0 saturated carbocycles. The smallest absolute Gasteiger partial charge is 0.347 e. The fourth-order valence-corrected chi connectivity index (χ4v) is 3.79. The first-order valence-corrected chi connectivity index (χ1v) is 10.3. The molecule has 2 aromatic heterocycles. The van der Waals surface area contributed by atoms with Crippen molar-refractivity contribution >= 4 is 56.7 Å². The van der Waals surface area contributed by atoms with Crippen LogP contribution in [0.1, 0.15) is 18.9 Å². The Kier molecular flexibility index (Phi) is 5.54. The summed E-state index contributed by atoms with van der Waals surface area (Å²) >= 11 is 12.2. The predicted molar refractivity (Wildman–Crippen MR) is 120 cm³/mol. The number of aryl methyl sites for hydroxylation is 1. The molecule has 30 heavy (non-hydrogen) atoms. The van der Waals surface area contributed by atoms with E-state index >= 15 is 0 Å². The van der Waals surface area contributed by atoms with E-state index < -0.39 is 5.63 Å². The van der Waals surface area contributed by atoms with Gasteiger partial charge in [0, 0.05) is 17.6 Å². The van der Waals surface area contributed by atoms with Crippen molar-refractivity contribution in [2.75, 3.05) is 11.4 Å². The predicted octanol–water partition coefficient (Wildman–Crippen LogP) is 5.20. The van der Waals surface area contributed by atoms with Gasteiger partial charge in [0.1, 0.15) is 17.5 Å². The lowest BCUT2D eigenvalue weighted by molar-refractivity contribution is -0.119. The highest BCUT2D eigenvalue weighted by Gasteiger charge is 2.20. The third-order valence-corrected chi connectivity index (χ3v) is 5.64. The maximum Gasteiger partial charge on any atom is 0.347 e. The van der Waals surface area contributed by atoms with E-state index in [1.807, 2.05) is 26.0 Å². The van der Waals surface area contributed by atoms with Gasteiger partial charge in [-0.25, -0.2) is 4.79 Å². The normalized spacial score (nSPS) is 11.3. The molecule has 6 nitrogen and oxygen atoms in total. The molecule has 0 spiro atoms. The van der Waals surface area contributed by atoms with Crippen molar-refractivity contribution in [1.29, 1.82) is 0 Å². The van der Waals surface area contributed by atoms with Gasteiger partial charge in [-0.05, 0) is 43.7 Å². The number of carbonyl (C=O) groups is 1. The number of benzene rings is 2. The highest BCUT2D eigenvalue weighted by Crippen LogP contribution is 2.28. The lowest BCUT2D eigenvalue weighted by Crippen LogP contribution is -2.34. The Morgan fingerprint density at radius 1 is 1.13 bits per heavy atom. The highest BCUT2D eigenvalue weighted by atomic mass is 35.5. The first-order valence-electron chi connectivity index (χ1n) is 9.53. The number of carbonyl (C=O) groups excluding carboxylic acids is 1. The minimum absolute atomic E-state index is 0.0315. The van der Waals surface area contributed by atoms with Crippen LogP contribution in [-0.2, 0) is 11.3 Å². The average molecular weight is 444 g/mol. The van der Waals surface area contributed by atoms with Crippen LogP contribution in [0.15, 0.2) is 51.8 Å². The molecule has 4 rings (SSSR count). The Morgan fingerprint density at radius 3 is 2.67 bits per heavy atom. The van der Waals surface area contributed by atoms with Crippen molar-refractivity contribution in [2.24, 2.45) is 0 Å². The molecule has 1 amide bonds. The van der Waals surface area contributed by atoms with Gasteiger partial charge < -0.3 is 9.32 Å². The molecule has 154 valence electrons. The van der Waals surface area contributed by atoms with Crippen LogP contribution in [0.2, 0.25) is 10.0 Å². The summed E-state index contributed by atoms with van der Waals surface area (Å²) in [6, 6.07) is 10.6. The molecule has 0 radical (unpaired) electrons. The maximum atomic E-state index is 13.2. The Labute approximate surface area is 182 Å². The molecule has 0 aliphatic heterocycles. The number of fused-ring (bicyclic) bond motifs is 3. The monoisotopic (exact) mass is 443 g/mol. The van der Waals surface area contributed by atoms with Crippen LogP contribution in [-0.4, -0.2) is 22.2 Å². The number of rotatable bonds is 5. The second-order valence-corrected chi connectivity index (χ2v) is 7.91. The molecule has 8 heteroatoms. The summed E-state index contributed by atoms with van der Waals surface area (Å²) in [6.07, 6.45) is 2.21. The number of halogens is 2. The van der Waals surface area contributed by atoms with Gasteiger partial charge in [0.25, 0.3) is 0 Å². The molecule has 0 N–H and O–H groups in total. The molecule has 0 bridgehead atoms. The number of nitrogens with zero attached hydrogens (tertiary/aromatic N) is 3. The molecule has 0 aliphatic carbocycles. The van der Waals surface area contributed by atoms with E-state index in [0.717, 1.165) is 17.4 Å². The standard InChI is InChI=1S/C22H19Cl2N3O3/c1-3-8-26(14-5-6-17(23)18(24)10-14)20(28)12-27-21-15-9-13(2)4-7-19(15)30-22(29)16(21)11-25-27/h4-7,9-11H,3,8,12H2,1-2H3. The second-order valence-electron chi connectivity index (χ2n) is 7.10. The topological polar surface area (TPSA) is 68.3 Å². The van der Waals surface area contributed by atoms with Crippen molar-refractivity contribution in [3.8, 4) is 0 Å². The Morgan fingerprint density at radius 2 is 1.93 bits per heavy atom. The van der Waals surface area contributed by atoms with E-state index in [-0.39, 0.29) is 12.5 Å². The average Bonchev–Trinajstić information content (AvgIpc) is 3.13. The van der Waals surface area contributed by atoms with Gasteiger partial charge in [0.05, 0.1) is 21.8 Å². The third-order valence-electron chi connectivity index (χ3n) is 4.90. The minimum atomic E-state index is -0.477. The van der Waals surface area contributed by atoms with Gasteiger partial charge in [-0.1, -0.05) is 41.8 Å². The van der Waals surface area contributed by atoms with Crippen molar-refractivity contribution < 1.29 is 9.21 Å². The van der Waals surface area contributed by atoms with Gasteiger partial charge >= 0.3 is 5.63 Å². The molecule has 0 saturated heterocycles. The molecule has 4 aromatic rings. The number of anilines is 1. The zero-order valence-corrected chi connectivity index (χ0v) is 18.0. The molecule has 0 fully saturated rings. The van der Waals surface area contributed by atoms with E-state index in [1.165, 1.54) is 6.20 Å². The zero-order chi connectivity index (χ0) is 21.4. The molecular formula is C22H19Cl2N3O3. The van der Waals surface area contributed by atoms with Crippen molar-refractivity contribution in [1.82, 2.24) is 9.78 Å². The molecule has 2 aromatic carbocycles. The van der Waals surface area contributed by atoms with Gasteiger partial charge in [0.2, 0.25) is 5.91 Å². The summed E-state index contributed by atoms with van der Waals surface area (Å²) in [7, 11) is 0. The van der Waals surface area contributed by atoms with Gasteiger partial charge in [0.15, 0.2) is 0 Å². The van der Waals surface area contributed by atoms with Crippen molar-refractivity contribution in [2.45, 2.75) is 26.8 Å². The summed E-state index contributed by atoms with van der Waals surface area (Å²) in [5.41, 5.74) is 2.24. The minimum Gasteiger partial charge on any atom is -0.422 e. The summed E-state index contributed by atoms with van der Waals surface area (Å²) in [4.78, 5) is 27.2. The van der Waals surface area contributed by atoms with Crippen LogP contribution in [0.3, 0.4) is 0 Å². The molecule has 0 atom stereocenters. The Hall–Kier alpha value is -2.83. The van der Waals surface area contributed by atoms with Crippen LogP contribution in [0.25, 0.3) is 21.9 Å². The van der Waals surface area contributed by atoms with E-state index in [9.17, 15) is 9.59 Å².